The Morgan fingerprint density at radius 3 is 2.47 bits per heavy atom. The quantitative estimate of drug-likeness (QED) is 0.826. The fourth-order valence-corrected chi connectivity index (χ4v) is 1.49. The first kappa shape index (κ1) is 14.2. The van der Waals surface area contributed by atoms with Crippen molar-refractivity contribution < 1.29 is 17.6 Å². The Hall–Kier alpha value is -0.850. The average molecular weight is 271 g/mol. The highest BCUT2D eigenvalue weighted by Gasteiger charge is 2.28. The second-order valence-corrected chi connectivity index (χ2v) is 3.87. The number of halogens is 5. The van der Waals surface area contributed by atoms with E-state index in [0.717, 1.165) is 6.07 Å². The summed E-state index contributed by atoms with van der Waals surface area (Å²) in [6.07, 6.45) is -4.32. The molecule has 1 atom stereocenters. The van der Waals surface area contributed by atoms with Crippen molar-refractivity contribution in [3.63, 3.8) is 0 Å². The first-order valence-corrected chi connectivity index (χ1v) is 5.16. The molecule has 0 bridgehead atoms. The van der Waals surface area contributed by atoms with Crippen LogP contribution in [-0.2, 0) is 0 Å². The van der Waals surface area contributed by atoms with Crippen molar-refractivity contribution in [2.45, 2.75) is 12.2 Å². The van der Waals surface area contributed by atoms with E-state index in [0.29, 0.717) is 5.56 Å². The van der Waals surface area contributed by atoms with Crippen LogP contribution in [0.2, 0.25) is 5.02 Å². The molecule has 3 N–H and O–H groups in total. The van der Waals surface area contributed by atoms with Crippen molar-refractivity contribution in [2.75, 3.05) is 13.1 Å². The minimum atomic E-state index is -4.32. The van der Waals surface area contributed by atoms with Gasteiger partial charge in [-0.05, 0) is 17.7 Å². The number of alkyl halides is 3. The SMILES string of the molecule is NCC(NCC(F)(F)F)c1ccc(F)c(Cl)c1. The fourth-order valence-electron chi connectivity index (χ4n) is 1.31. The molecule has 2 nitrogen and oxygen atoms in total. The number of rotatable bonds is 4. The van der Waals surface area contributed by atoms with E-state index in [4.69, 9.17) is 17.3 Å². The molecule has 0 saturated carbocycles. The summed E-state index contributed by atoms with van der Waals surface area (Å²) in [4.78, 5) is 0. The van der Waals surface area contributed by atoms with E-state index in [1.54, 1.807) is 0 Å². The molecule has 0 radical (unpaired) electrons. The van der Waals surface area contributed by atoms with E-state index >= 15 is 0 Å². The van der Waals surface area contributed by atoms with E-state index in [2.05, 4.69) is 5.32 Å². The Balaban J connectivity index is 2.76. The van der Waals surface area contributed by atoms with Crippen LogP contribution < -0.4 is 11.1 Å². The molecule has 0 spiro atoms. The molecule has 1 rings (SSSR count). The van der Waals surface area contributed by atoms with Gasteiger partial charge in [0.2, 0.25) is 0 Å². The Morgan fingerprint density at radius 2 is 2.00 bits per heavy atom. The molecule has 7 heteroatoms. The molecule has 1 aromatic rings. The predicted molar refractivity (Wildman–Crippen MR) is 57.3 cm³/mol. The summed E-state index contributed by atoms with van der Waals surface area (Å²) in [6.45, 7) is -1.21. The molecule has 0 aliphatic rings. The molecule has 96 valence electrons. The fraction of sp³-hybridized carbons (Fsp3) is 0.400. The molecule has 1 aromatic carbocycles. The topological polar surface area (TPSA) is 38.0 Å². The van der Waals surface area contributed by atoms with Crippen LogP contribution in [0, 0.1) is 5.82 Å². The highest BCUT2D eigenvalue weighted by Crippen LogP contribution is 2.21. The summed E-state index contributed by atoms with van der Waals surface area (Å²) in [5.74, 6) is -0.623. The lowest BCUT2D eigenvalue weighted by atomic mass is 10.1. The van der Waals surface area contributed by atoms with E-state index in [1.165, 1.54) is 12.1 Å². The highest BCUT2D eigenvalue weighted by molar-refractivity contribution is 6.30. The highest BCUT2D eigenvalue weighted by atomic mass is 35.5. The average Bonchev–Trinajstić information content (AvgIpc) is 2.22. The molecule has 1 unspecified atom stereocenters. The van der Waals surface area contributed by atoms with Gasteiger partial charge in [0.25, 0.3) is 0 Å². The molecule has 0 aromatic heterocycles. The van der Waals surface area contributed by atoms with Crippen LogP contribution in [-0.4, -0.2) is 19.3 Å². The smallest absolute Gasteiger partial charge is 0.329 e. The monoisotopic (exact) mass is 270 g/mol. The minimum Gasteiger partial charge on any atom is -0.329 e. The number of nitrogens with two attached hydrogens (primary N) is 1. The standard InChI is InChI=1S/C10H11ClF4N2/c11-7-3-6(1-2-8(7)12)9(4-16)17-5-10(13,14)15/h1-3,9,17H,4-5,16H2. The molecular formula is C10H11ClF4N2. The number of benzene rings is 1. The molecule has 0 amide bonds. The van der Waals surface area contributed by atoms with Crippen LogP contribution in [0.4, 0.5) is 17.6 Å². The van der Waals surface area contributed by atoms with Gasteiger partial charge in [-0.1, -0.05) is 17.7 Å². The number of nitrogens with one attached hydrogen (secondary N) is 1. The van der Waals surface area contributed by atoms with E-state index in [9.17, 15) is 17.6 Å². The Labute approximate surface area is 101 Å². The maximum Gasteiger partial charge on any atom is 0.401 e. The van der Waals surface area contributed by atoms with Crippen LogP contribution in [0.5, 0.6) is 0 Å². The van der Waals surface area contributed by atoms with Crippen LogP contribution in [0.25, 0.3) is 0 Å². The zero-order chi connectivity index (χ0) is 13.1. The largest absolute Gasteiger partial charge is 0.401 e. The summed E-state index contributed by atoms with van der Waals surface area (Å²) < 4.78 is 48.9. The van der Waals surface area contributed by atoms with Crippen molar-refractivity contribution in [1.82, 2.24) is 5.32 Å². The van der Waals surface area contributed by atoms with Gasteiger partial charge in [-0.2, -0.15) is 13.2 Å². The second-order valence-electron chi connectivity index (χ2n) is 3.46. The minimum absolute atomic E-state index is 0.0436. The van der Waals surface area contributed by atoms with Crippen molar-refractivity contribution in [3.05, 3.63) is 34.6 Å². The summed E-state index contributed by atoms with van der Waals surface area (Å²) in [5, 5.41) is 2.10. The lowest BCUT2D eigenvalue weighted by Crippen LogP contribution is -2.35. The predicted octanol–water partition coefficient (Wildman–Crippen LogP) is 2.63. The van der Waals surface area contributed by atoms with Crippen LogP contribution in [0.1, 0.15) is 11.6 Å². The van der Waals surface area contributed by atoms with Gasteiger partial charge in [-0.15, -0.1) is 0 Å². The van der Waals surface area contributed by atoms with Gasteiger partial charge in [0.05, 0.1) is 11.6 Å². The third kappa shape index (κ3) is 4.49. The van der Waals surface area contributed by atoms with Crippen LogP contribution in [0.15, 0.2) is 18.2 Å². The molecule has 17 heavy (non-hydrogen) atoms. The molecule has 0 saturated heterocycles. The van der Waals surface area contributed by atoms with Gasteiger partial charge < -0.3 is 11.1 Å². The third-order valence-electron chi connectivity index (χ3n) is 2.13. The summed E-state index contributed by atoms with van der Waals surface area (Å²) >= 11 is 5.54. The first-order valence-electron chi connectivity index (χ1n) is 4.78. The lowest BCUT2D eigenvalue weighted by Gasteiger charge is -2.18. The van der Waals surface area contributed by atoms with Crippen molar-refractivity contribution in [1.29, 1.82) is 0 Å². The van der Waals surface area contributed by atoms with Crippen molar-refractivity contribution in [3.8, 4) is 0 Å². The lowest BCUT2D eigenvalue weighted by molar-refractivity contribution is -0.126. The Bertz CT molecular complexity index is 381. The van der Waals surface area contributed by atoms with Gasteiger partial charge >= 0.3 is 6.18 Å². The Morgan fingerprint density at radius 1 is 1.35 bits per heavy atom. The molecule has 0 fully saturated rings. The molecular weight excluding hydrogens is 260 g/mol. The van der Waals surface area contributed by atoms with Gasteiger partial charge in [0, 0.05) is 12.6 Å². The van der Waals surface area contributed by atoms with Gasteiger partial charge in [-0.25, -0.2) is 4.39 Å². The molecule has 0 aliphatic heterocycles. The van der Waals surface area contributed by atoms with Gasteiger partial charge in [-0.3, -0.25) is 0 Å². The summed E-state index contributed by atoms with van der Waals surface area (Å²) in [6, 6.07) is 2.99. The van der Waals surface area contributed by atoms with Gasteiger partial charge in [0.1, 0.15) is 5.82 Å². The Kier molecular flexibility index (Phi) is 4.73. The maximum atomic E-state index is 12.9. The maximum absolute atomic E-state index is 12.9. The van der Waals surface area contributed by atoms with Crippen LogP contribution in [0.3, 0.4) is 0 Å². The van der Waals surface area contributed by atoms with E-state index in [-0.39, 0.29) is 11.6 Å². The molecule has 0 aliphatic carbocycles. The summed E-state index contributed by atoms with van der Waals surface area (Å²) in [7, 11) is 0. The van der Waals surface area contributed by atoms with Crippen molar-refractivity contribution in [2.24, 2.45) is 5.73 Å². The second kappa shape index (κ2) is 5.66. The first-order chi connectivity index (χ1) is 7.83. The van der Waals surface area contributed by atoms with E-state index in [1.807, 2.05) is 0 Å². The number of hydrogen-bond donors (Lipinski definition) is 2. The number of hydrogen-bond acceptors (Lipinski definition) is 2. The normalized spacial score (nSPS) is 13.8. The van der Waals surface area contributed by atoms with Crippen LogP contribution >= 0.6 is 11.6 Å². The van der Waals surface area contributed by atoms with Gasteiger partial charge in [0.15, 0.2) is 0 Å². The van der Waals surface area contributed by atoms with Crippen molar-refractivity contribution >= 4 is 11.6 Å². The third-order valence-corrected chi connectivity index (χ3v) is 2.42. The zero-order valence-corrected chi connectivity index (χ0v) is 9.45. The molecule has 0 heterocycles. The van der Waals surface area contributed by atoms with E-state index < -0.39 is 24.6 Å². The summed E-state index contributed by atoms with van der Waals surface area (Å²) in [5.41, 5.74) is 5.78. The zero-order valence-electron chi connectivity index (χ0n) is 8.69.